The molecule has 4 nitrogen and oxygen atoms in total. The van der Waals surface area contributed by atoms with Crippen LogP contribution in [0.25, 0.3) is 0 Å². The van der Waals surface area contributed by atoms with E-state index in [1.165, 1.54) is 0 Å². The Morgan fingerprint density at radius 3 is 2.68 bits per heavy atom. The lowest BCUT2D eigenvalue weighted by molar-refractivity contribution is -0.0893. The van der Waals surface area contributed by atoms with Crippen LogP contribution in [0.3, 0.4) is 0 Å². The van der Waals surface area contributed by atoms with E-state index in [4.69, 9.17) is 21.0 Å². The lowest BCUT2D eigenvalue weighted by Gasteiger charge is -2.37. The molecular formula is C16H23BClNO3. The third-order valence-corrected chi connectivity index (χ3v) is 5.54. The summed E-state index contributed by atoms with van der Waals surface area (Å²) in [7, 11) is 0.397. The molecule has 1 aliphatic heterocycles. The largest absolute Gasteiger partial charge is 0.427 e. The Kier molecular flexibility index (Phi) is 3.84. The Balaban J connectivity index is 1.77. The van der Waals surface area contributed by atoms with Crippen molar-refractivity contribution in [3.63, 3.8) is 0 Å². The zero-order chi connectivity index (χ0) is 16.2. The average molecular weight is 324 g/mol. The van der Waals surface area contributed by atoms with Crippen LogP contribution in [0.2, 0.25) is 5.15 Å². The first-order chi connectivity index (χ1) is 10.1. The molecule has 2 heterocycles. The van der Waals surface area contributed by atoms with Gasteiger partial charge < -0.3 is 14.5 Å². The summed E-state index contributed by atoms with van der Waals surface area (Å²) in [6.45, 7) is 8.84. The minimum atomic E-state index is -0.924. The predicted octanol–water partition coefficient (Wildman–Crippen LogP) is 1.57. The highest BCUT2D eigenvalue weighted by Gasteiger charge is 2.60. The van der Waals surface area contributed by atoms with Crippen LogP contribution in [0.15, 0.2) is 12.1 Å². The fourth-order valence-corrected chi connectivity index (χ4v) is 3.11. The maximum Gasteiger partial charge on any atom is 0.309 e. The van der Waals surface area contributed by atoms with Gasteiger partial charge in [-0.2, -0.15) is 0 Å². The molecule has 0 spiro atoms. The molecule has 120 valence electrons. The summed E-state index contributed by atoms with van der Waals surface area (Å²) in [5, 5.41) is 10.7. The predicted molar refractivity (Wildman–Crippen MR) is 88.1 cm³/mol. The van der Waals surface area contributed by atoms with E-state index >= 15 is 0 Å². The number of hydrogen-bond donors (Lipinski definition) is 1. The summed E-state index contributed by atoms with van der Waals surface area (Å²) in [5.74, 6) is 0.583. The van der Waals surface area contributed by atoms with Gasteiger partial charge in [0.1, 0.15) is 5.15 Å². The number of pyridine rings is 1. The Morgan fingerprint density at radius 1 is 1.41 bits per heavy atom. The summed E-state index contributed by atoms with van der Waals surface area (Å²) < 4.78 is 11.5. The molecule has 6 heteroatoms. The Bertz CT molecular complexity index is 587. The molecule has 0 amide bonds. The molecule has 22 heavy (non-hydrogen) atoms. The number of ether oxygens (including phenoxy) is 1. The van der Waals surface area contributed by atoms with Gasteiger partial charge in [0.2, 0.25) is 0 Å². The molecule has 0 radical (unpaired) electrons. The van der Waals surface area contributed by atoms with Crippen LogP contribution < -0.4 is 5.46 Å². The van der Waals surface area contributed by atoms with E-state index in [2.05, 4.69) is 11.1 Å². The maximum absolute atomic E-state index is 10.2. The maximum atomic E-state index is 10.2. The minimum Gasteiger partial charge on any atom is -0.427 e. The second kappa shape index (κ2) is 5.20. The van der Waals surface area contributed by atoms with E-state index in [9.17, 15) is 5.11 Å². The smallest absolute Gasteiger partial charge is 0.309 e. The second-order valence-corrected chi connectivity index (χ2v) is 8.00. The fourth-order valence-electron chi connectivity index (χ4n) is 2.88. The van der Waals surface area contributed by atoms with Crippen molar-refractivity contribution in [1.29, 1.82) is 0 Å². The van der Waals surface area contributed by atoms with Crippen molar-refractivity contribution < 1.29 is 14.5 Å². The molecule has 3 rings (SSSR count). The molecule has 0 bridgehead atoms. The van der Waals surface area contributed by atoms with E-state index < -0.39 is 11.2 Å². The molecule has 2 atom stereocenters. The van der Waals surface area contributed by atoms with Gasteiger partial charge in [-0.25, -0.2) is 4.98 Å². The number of aliphatic hydroxyl groups is 1. The SMILES string of the molecule is CC(C)(O)C(C)(C)OBc1cc(Cl)nc(C23COCC2C3)c1. The standard InChI is InChI=1S/C16H23BClNO3/c1-14(2,20)15(3,4)22-17-11-5-12(19-13(18)6-11)16-7-10(16)8-21-9-16/h5-6,10,17,20H,7-9H2,1-4H3. The lowest BCUT2D eigenvalue weighted by Crippen LogP contribution is -2.49. The molecule has 2 aliphatic rings. The lowest BCUT2D eigenvalue weighted by atomic mass is 9.82. The quantitative estimate of drug-likeness (QED) is 0.660. The third kappa shape index (κ3) is 2.80. The van der Waals surface area contributed by atoms with E-state index in [-0.39, 0.29) is 5.41 Å². The van der Waals surface area contributed by atoms with E-state index in [0.29, 0.717) is 18.6 Å². The number of fused-ring (bicyclic) bond motifs is 1. The number of nitrogens with zero attached hydrogens (tertiary/aromatic N) is 1. The van der Waals surface area contributed by atoms with Gasteiger partial charge in [0.05, 0.1) is 30.1 Å². The first-order valence-electron chi connectivity index (χ1n) is 7.75. The van der Waals surface area contributed by atoms with Crippen LogP contribution in [0.5, 0.6) is 0 Å². The molecule has 2 fully saturated rings. The highest BCUT2D eigenvalue weighted by atomic mass is 35.5. The molecule has 1 aromatic heterocycles. The van der Waals surface area contributed by atoms with E-state index in [1.54, 1.807) is 13.8 Å². The van der Waals surface area contributed by atoms with Crippen LogP contribution in [0, 0.1) is 5.92 Å². The Hall–Kier alpha value is -0.615. The Labute approximate surface area is 137 Å². The summed E-state index contributed by atoms with van der Waals surface area (Å²) in [6, 6.07) is 3.90. The van der Waals surface area contributed by atoms with Crippen molar-refractivity contribution in [2.75, 3.05) is 13.2 Å². The van der Waals surface area contributed by atoms with Gasteiger partial charge in [0.25, 0.3) is 0 Å². The van der Waals surface area contributed by atoms with Crippen molar-refractivity contribution >= 4 is 24.5 Å². The zero-order valence-electron chi connectivity index (χ0n) is 13.6. The summed E-state index contributed by atoms with van der Waals surface area (Å²) in [5.41, 5.74) is 0.499. The van der Waals surface area contributed by atoms with Crippen molar-refractivity contribution in [2.45, 2.75) is 50.7 Å². The minimum absolute atomic E-state index is 0.0748. The van der Waals surface area contributed by atoms with Gasteiger partial charge in [-0.3, -0.25) is 0 Å². The fraction of sp³-hybridized carbons (Fsp3) is 0.688. The van der Waals surface area contributed by atoms with Gasteiger partial charge >= 0.3 is 7.48 Å². The molecule has 1 N–H and O–H groups in total. The second-order valence-electron chi connectivity index (χ2n) is 7.61. The van der Waals surface area contributed by atoms with E-state index in [1.807, 2.05) is 19.9 Å². The molecule has 1 aromatic rings. The van der Waals surface area contributed by atoms with Gasteiger partial charge in [-0.05, 0) is 57.6 Å². The molecule has 1 saturated heterocycles. The summed E-state index contributed by atoms with van der Waals surface area (Å²) in [6.07, 6.45) is 1.13. The first kappa shape index (κ1) is 16.3. The molecule has 0 aromatic carbocycles. The average Bonchev–Trinajstić information content (AvgIpc) is 2.97. The van der Waals surface area contributed by atoms with Crippen LogP contribution in [-0.2, 0) is 14.8 Å². The van der Waals surface area contributed by atoms with Crippen LogP contribution in [0.4, 0.5) is 0 Å². The van der Waals surface area contributed by atoms with Crippen LogP contribution >= 0.6 is 11.6 Å². The van der Waals surface area contributed by atoms with Gasteiger partial charge in [0, 0.05) is 5.41 Å². The highest BCUT2D eigenvalue weighted by molar-refractivity contribution is 6.47. The topological polar surface area (TPSA) is 51.6 Å². The third-order valence-electron chi connectivity index (χ3n) is 5.35. The highest BCUT2D eigenvalue weighted by Crippen LogP contribution is 2.57. The monoisotopic (exact) mass is 323 g/mol. The summed E-state index contributed by atoms with van der Waals surface area (Å²) >= 11 is 6.19. The normalized spacial score (nSPS) is 27.6. The first-order valence-corrected chi connectivity index (χ1v) is 8.13. The van der Waals surface area contributed by atoms with Crippen molar-refractivity contribution in [3.8, 4) is 0 Å². The van der Waals surface area contributed by atoms with Crippen molar-refractivity contribution in [3.05, 3.63) is 23.0 Å². The number of hydrogen-bond acceptors (Lipinski definition) is 4. The van der Waals surface area contributed by atoms with Crippen LogP contribution in [0.1, 0.15) is 39.8 Å². The summed E-state index contributed by atoms with van der Waals surface area (Å²) in [4.78, 5) is 4.50. The number of halogens is 1. The molecule has 1 saturated carbocycles. The molecule has 1 aliphatic carbocycles. The molecular weight excluding hydrogens is 300 g/mol. The van der Waals surface area contributed by atoms with Crippen molar-refractivity contribution in [2.24, 2.45) is 5.92 Å². The van der Waals surface area contributed by atoms with Crippen molar-refractivity contribution in [1.82, 2.24) is 4.98 Å². The van der Waals surface area contributed by atoms with Gasteiger partial charge in [-0.15, -0.1) is 0 Å². The van der Waals surface area contributed by atoms with E-state index in [0.717, 1.165) is 30.8 Å². The van der Waals surface area contributed by atoms with Gasteiger partial charge in [0.15, 0.2) is 0 Å². The van der Waals surface area contributed by atoms with Gasteiger partial charge in [-0.1, -0.05) is 11.6 Å². The zero-order valence-corrected chi connectivity index (χ0v) is 14.4. The van der Waals surface area contributed by atoms with Crippen LogP contribution in [-0.4, -0.2) is 42.0 Å². The number of rotatable bonds is 5. The number of aromatic nitrogens is 1. The molecule has 2 unspecified atom stereocenters. The Morgan fingerprint density at radius 2 is 2.14 bits per heavy atom.